The molecular formula is C9H15NO. The molecule has 0 aromatic carbocycles. The second-order valence-electron chi connectivity index (χ2n) is 2.97. The largest absolute Gasteiger partial charge is 0.350 e. The maximum absolute atomic E-state index is 11.0. The van der Waals surface area contributed by atoms with E-state index in [1.165, 1.54) is 0 Å². The van der Waals surface area contributed by atoms with E-state index in [9.17, 15) is 4.79 Å². The maximum atomic E-state index is 11.0. The SMILES string of the molecule is CCC/C=C/C(=O)NC1CC1. The van der Waals surface area contributed by atoms with Crippen LogP contribution in [-0.4, -0.2) is 11.9 Å². The molecule has 0 bridgehead atoms. The van der Waals surface area contributed by atoms with Gasteiger partial charge in [-0.25, -0.2) is 0 Å². The maximum Gasteiger partial charge on any atom is 0.243 e. The number of amides is 1. The summed E-state index contributed by atoms with van der Waals surface area (Å²) in [7, 11) is 0. The molecule has 0 spiro atoms. The average molecular weight is 153 g/mol. The molecule has 2 heteroatoms. The van der Waals surface area contributed by atoms with Gasteiger partial charge in [-0.3, -0.25) is 4.79 Å². The standard InChI is InChI=1S/C9H15NO/c1-2-3-4-5-9(11)10-8-6-7-8/h4-5,8H,2-3,6-7H2,1H3,(H,10,11)/b5-4+. The van der Waals surface area contributed by atoms with Crippen LogP contribution in [0.1, 0.15) is 32.6 Å². The van der Waals surface area contributed by atoms with Crippen molar-refractivity contribution in [2.24, 2.45) is 0 Å². The van der Waals surface area contributed by atoms with Gasteiger partial charge in [0.15, 0.2) is 0 Å². The second-order valence-corrected chi connectivity index (χ2v) is 2.97. The van der Waals surface area contributed by atoms with Gasteiger partial charge >= 0.3 is 0 Å². The summed E-state index contributed by atoms with van der Waals surface area (Å²) in [6, 6.07) is 0.480. The molecule has 0 aromatic heterocycles. The molecule has 1 aliphatic rings. The zero-order chi connectivity index (χ0) is 8.10. The van der Waals surface area contributed by atoms with Gasteiger partial charge in [0, 0.05) is 6.04 Å². The molecule has 1 N–H and O–H groups in total. The Morgan fingerprint density at radius 1 is 1.64 bits per heavy atom. The Kier molecular flexibility index (Phi) is 3.14. The highest BCUT2D eigenvalue weighted by atomic mass is 16.1. The van der Waals surface area contributed by atoms with Gasteiger partial charge in [-0.2, -0.15) is 0 Å². The Balaban J connectivity index is 2.08. The number of unbranched alkanes of at least 4 members (excludes halogenated alkanes) is 1. The van der Waals surface area contributed by atoms with E-state index in [4.69, 9.17) is 0 Å². The summed E-state index contributed by atoms with van der Waals surface area (Å²) < 4.78 is 0. The predicted octanol–water partition coefficient (Wildman–Crippen LogP) is 1.62. The molecule has 0 unspecified atom stereocenters. The lowest BCUT2D eigenvalue weighted by Gasteiger charge is -1.95. The van der Waals surface area contributed by atoms with Crippen molar-refractivity contribution in [3.05, 3.63) is 12.2 Å². The number of hydrogen-bond acceptors (Lipinski definition) is 1. The molecule has 11 heavy (non-hydrogen) atoms. The summed E-state index contributed by atoms with van der Waals surface area (Å²) in [5.74, 6) is 0.0703. The lowest BCUT2D eigenvalue weighted by Crippen LogP contribution is -2.22. The van der Waals surface area contributed by atoms with Crippen LogP contribution in [0.2, 0.25) is 0 Å². The molecule has 0 atom stereocenters. The molecular weight excluding hydrogens is 138 g/mol. The van der Waals surface area contributed by atoms with Crippen LogP contribution >= 0.6 is 0 Å². The topological polar surface area (TPSA) is 29.1 Å². The van der Waals surface area contributed by atoms with Gasteiger partial charge in [0.2, 0.25) is 5.91 Å². The number of allylic oxidation sites excluding steroid dienone is 1. The normalized spacial score (nSPS) is 17.2. The van der Waals surface area contributed by atoms with Crippen molar-refractivity contribution < 1.29 is 4.79 Å². The fourth-order valence-corrected chi connectivity index (χ4v) is 0.834. The molecule has 1 aliphatic carbocycles. The van der Waals surface area contributed by atoms with Crippen LogP contribution in [0, 0.1) is 0 Å². The van der Waals surface area contributed by atoms with Crippen LogP contribution in [0.25, 0.3) is 0 Å². The van der Waals surface area contributed by atoms with Gasteiger partial charge in [-0.1, -0.05) is 19.4 Å². The fourth-order valence-electron chi connectivity index (χ4n) is 0.834. The average Bonchev–Trinajstić information content (AvgIpc) is 2.72. The lowest BCUT2D eigenvalue weighted by molar-refractivity contribution is -0.116. The van der Waals surface area contributed by atoms with E-state index in [0.29, 0.717) is 6.04 Å². The van der Waals surface area contributed by atoms with Crippen LogP contribution in [-0.2, 0) is 4.79 Å². The molecule has 2 nitrogen and oxygen atoms in total. The number of hydrogen-bond donors (Lipinski definition) is 1. The first-order valence-electron chi connectivity index (χ1n) is 4.30. The number of carbonyl (C=O) groups excluding carboxylic acids is 1. The molecule has 0 heterocycles. The first-order valence-corrected chi connectivity index (χ1v) is 4.30. The van der Waals surface area contributed by atoms with Crippen molar-refractivity contribution in [2.75, 3.05) is 0 Å². The fraction of sp³-hybridized carbons (Fsp3) is 0.667. The second kappa shape index (κ2) is 4.16. The van der Waals surface area contributed by atoms with Gasteiger partial charge < -0.3 is 5.32 Å². The van der Waals surface area contributed by atoms with E-state index in [1.807, 2.05) is 6.08 Å². The third-order valence-corrected chi connectivity index (χ3v) is 1.65. The van der Waals surface area contributed by atoms with Crippen LogP contribution in [0.15, 0.2) is 12.2 Å². The van der Waals surface area contributed by atoms with Gasteiger partial charge in [-0.05, 0) is 25.3 Å². The quantitative estimate of drug-likeness (QED) is 0.611. The first kappa shape index (κ1) is 8.31. The number of carbonyl (C=O) groups is 1. The zero-order valence-electron chi connectivity index (χ0n) is 6.97. The van der Waals surface area contributed by atoms with Crippen LogP contribution in [0.4, 0.5) is 0 Å². The molecule has 1 rings (SSSR count). The molecule has 0 aromatic rings. The van der Waals surface area contributed by atoms with Crippen molar-refractivity contribution in [1.29, 1.82) is 0 Å². The Bertz CT molecular complexity index is 159. The Morgan fingerprint density at radius 3 is 2.91 bits per heavy atom. The molecule has 0 aliphatic heterocycles. The highest BCUT2D eigenvalue weighted by molar-refractivity contribution is 5.87. The van der Waals surface area contributed by atoms with E-state index >= 15 is 0 Å². The number of nitrogens with one attached hydrogen (secondary N) is 1. The molecule has 0 radical (unpaired) electrons. The lowest BCUT2D eigenvalue weighted by atomic mass is 10.3. The van der Waals surface area contributed by atoms with Crippen molar-refractivity contribution >= 4 is 5.91 Å². The zero-order valence-corrected chi connectivity index (χ0v) is 6.97. The smallest absolute Gasteiger partial charge is 0.243 e. The minimum absolute atomic E-state index is 0.0703. The van der Waals surface area contributed by atoms with E-state index in [-0.39, 0.29) is 5.91 Å². The molecule has 1 saturated carbocycles. The van der Waals surface area contributed by atoms with E-state index in [0.717, 1.165) is 25.7 Å². The van der Waals surface area contributed by atoms with Crippen molar-refractivity contribution in [1.82, 2.24) is 5.32 Å². The Hall–Kier alpha value is -0.790. The highest BCUT2D eigenvalue weighted by Crippen LogP contribution is 2.18. The minimum Gasteiger partial charge on any atom is -0.350 e. The van der Waals surface area contributed by atoms with Crippen LogP contribution in [0.5, 0.6) is 0 Å². The van der Waals surface area contributed by atoms with E-state index in [2.05, 4.69) is 12.2 Å². The van der Waals surface area contributed by atoms with Crippen LogP contribution in [0.3, 0.4) is 0 Å². The number of rotatable bonds is 4. The highest BCUT2D eigenvalue weighted by Gasteiger charge is 2.21. The molecule has 62 valence electrons. The summed E-state index contributed by atoms with van der Waals surface area (Å²) in [4.78, 5) is 11.0. The van der Waals surface area contributed by atoms with Crippen molar-refractivity contribution in [3.8, 4) is 0 Å². The van der Waals surface area contributed by atoms with Crippen LogP contribution < -0.4 is 5.32 Å². The summed E-state index contributed by atoms with van der Waals surface area (Å²) >= 11 is 0. The predicted molar refractivity (Wildman–Crippen MR) is 45.2 cm³/mol. The minimum atomic E-state index is 0.0703. The summed E-state index contributed by atoms with van der Waals surface area (Å²) in [5.41, 5.74) is 0. The van der Waals surface area contributed by atoms with Crippen molar-refractivity contribution in [3.63, 3.8) is 0 Å². The van der Waals surface area contributed by atoms with E-state index in [1.54, 1.807) is 6.08 Å². The van der Waals surface area contributed by atoms with Crippen molar-refractivity contribution in [2.45, 2.75) is 38.6 Å². The third kappa shape index (κ3) is 3.81. The van der Waals surface area contributed by atoms with Gasteiger partial charge in [0.1, 0.15) is 0 Å². The Labute approximate surface area is 67.7 Å². The molecule has 0 saturated heterocycles. The molecule has 1 amide bonds. The summed E-state index contributed by atoms with van der Waals surface area (Å²) in [6.45, 7) is 2.10. The first-order chi connectivity index (χ1) is 5.33. The summed E-state index contributed by atoms with van der Waals surface area (Å²) in [6.07, 6.45) is 7.99. The molecule has 1 fully saturated rings. The third-order valence-electron chi connectivity index (χ3n) is 1.65. The van der Waals surface area contributed by atoms with Gasteiger partial charge in [-0.15, -0.1) is 0 Å². The van der Waals surface area contributed by atoms with Gasteiger partial charge in [0.25, 0.3) is 0 Å². The van der Waals surface area contributed by atoms with E-state index < -0.39 is 0 Å². The van der Waals surface area contributed by atoms with Gasteiger partial charge in [0.05, 0.1) is 0 Å². The Morgan fingerprint density at radius 2 is 2.36 bits per heavy atom. The monoisotopic (exact) mass is 153 g/mol. The summed E-state index contributed by atoms with van der Waals surface area (Å²) in [5, 5.41) is 2.89.